The molecule has 0 spiro atoms. The lowest BCUT2D eigenvalue weighted by molar-refractivity contribution is -0.349. The highest BCUT2D eigenvalue weighted by Gasteiger charge is 2.46. The number of hydrogen-bond donors (Lipinski definition) is 1. The third-order valence-corrected chi connectivity index (χ3v) is 7.67. The Labute approximate surface area is 232 Å². The van der Waals surface area contributed by atoms with Crippen LogP contribution in [0.25, 0.3) is 0 Å². The molecule has 1 aliphatic carbocycles. The van der Waals surface area contributed by atoms with E-state index in [0.717, 1.165) is 44.3 Å². The SMILES string of the molecule is O=C(O)C(CC=C=CC[C@H]1CCC[C@@H]1C=CCCOc1ccccc1)(OC1CCCCO1)OC1CCCCO1. The summed E-state index contributed by atoms with van der Waals surface area (Å²) in [6.07, 6.45) is 17.7. The molecule has 39 heavy (non-hydrogen) atoms. The van der Waals surface area contributed by atoms with Gasteiger partial charge in [-0.25, -0.2) is 4.79 Å². The highest BCUT2D eigenvalue weighted by molar-refractivity contribution is 5.76. The molecule has 214 valence electrons. The molecule has 4 rings (SSSR count). The standard InChI is InChI=1S/C32H44O7/c33-31(34)32(38-29-20-7-11-24-36-29,39-30-21-8-12-25-37-30)22-9-2-3-14-26-16-13-17-27(26)15-6-10-23-35-28-18-4-1-5-19-28/h1,3-6,9,15,18-19,26-27,29-30H,7-8,10-14,16-17,20-25H2,(H,33,34)/t2?,26-,27-,29?,30?,32?/m0/s1. The van der Waals surface area contributed by atoms with Gasteiger partial charge in [0.05, 0.1) is 6.61 Å². The van der Waals surface area contributed by atoms with Crippen molar-refractivity contribution in [1.82, 2.24) is 0 Å². The maximum Gasteiger partial charge on any atom is 0.364 e. The van der Waals surface area contributed by atoms with Crippen molar-refractivity contribution in [2.75, 3.05) is 19.8 Å². The summed E-state index contributed by atoms with van der Waals surface area (Å²) in [5.41, 5.74) is 3.21. The van der Waals surface area contributed by atoms with E-state index in [9.17, 15) is 9.90 Å². The first kappa shape index (κ1) is 29.6. The first-order valence-electron chi connectivity index (χ1n) is 14.7. The monoisotopic (exact) mass is 540 g/mol. The van der Waals surface area contributed by atoms with E-state index >= 15 is 0 Å². The van der Waals surface area contributed by atoms with Gasteiger partial charge in [-0.15, -0.1) is 5.73 Å². The molecular formula is C32H44O7. The summed E-state index contributed by atoms with van der Waals surface area (Å²) in [6.45, 7) is 1.80. The third-order valence-electron chi connectivity index (χ3n) is 7.67. The Morgan fingerprint density at radius 3 is 2.31 bits per heavy atom. The maximum absolute atomic E-state index is 12.5. The lowest BCUT2D eigenvalue weighted by Crippen LogP contribution is -2.50. The normalized spacial score (nSPS) is 27.0. The van der Waals surface area contributed by atoms with Gasteiger partial charge in [0.25, 0.3) is 5.79 Å². The van der Waals surface area contributed by atoms with Crippen molar-refractivity contribution >= 4 is 5.97 Å². The van der Waals surface area contributed by atoms with E-state index < -0.39 is 24.3 Å². The lowest BCUT2D eigenvalue weighted by atomic mass is 9.92. The molecule has 1 aromatic rings. The minimum atomic E-state index is -1.86. The van der Waals surface area contributed by atoms with Crippen molar-refractivity contribution in [1.29, 1.82) is 0 Å². The van der Waals surface area contributed by atoms with Crippen LogP contribution in [-0.2, 0) is 23.7 Å². The van der Waals surface area contributed by atoms with Crippen LogP contribution in [-0.4, -0.2) is 49.3 Å². The van der Waals surface area contributed by atoms with Crippen LogP contribution in [0.3, 0.4) is 0 Å². The first-order chi connectivity index (χ1) is 19.1. The van der Waals surface area contributed by atoms with Crippen molar-refractivity contribution in [3.8, 4) is 5.75 Å². The zero-order chi connectivity index (χ0) is 27.2. The largest absolute Gasteiger partial charge is 0.493 e. The molecule has 0 amide bonds. The molecule has 3 fully saturated rings. The van der Waals surface area contributed by atoms with Crippen LogP contribution < -0.4 is 4.74 Å². The Kier molecular flexibility index (Phi) is 12.1. The van der Waals surface area contributed by atoms with Crippen molar-refractivity contribution in [3.05, 3.63) is 60.4 Å². The van der Waals surface area contributed by atoms with Crippen LogP contribution in [0.5, 0.6) is 5.75 Å². The summed E-state index contributed by atoms with van der Waals surface area (Å²) in [5.74, 6) is -0.995. The van der Waals surface area contributed by atoms with Crippen LogP contribution >= 0.6 is 0 Å². The van der Waals surface area contributed by atoms with Crippen LogP contribution in [0.1, 0.15) is 77.0 Å². The maximum atomic E-state index is 12.5. The number of carbonyl (C=O) groups is 1. The van der Waals surface area contributed by atoms with Gasteiger partial charge in [-0.2, -0.15) is 0 Å². The molecule has 1 aromatic carbocycles. The van der Waals surface area contributed by atoms with Gasteiger partial charge in [-0.05, 0) is 100 Å². The highest BCUT2D eigenvalue weighted by atomic mass is 16.8. The van der Waals surface area contributed by atoms with E-state index in [4.69, 9.17) is 23.7 Å². The number of aliphatic carboxylic acids is 1. The Morgan fingerprint density at radius 1 is 0.949 bits per heavy atom. The molecule has 1 saturated carbocycles. The lowest BCUT2D eigenvalue weighted by Gasteiger charge is -2.37. The zero-order valence-electron chi connectivity index (χ0n) is 23.0. The zero-order valence-corrected chi connectivity index (χ0v) is 23.0. The van der Waals surface area contributed by atoms with Crippen LogP contribution in [0.4, 0.5) is 0 Å². The Bertz CT molecular complexity index is 921. The molecule has 2 heterocycles. The average molecular weight is 541 g/mol. The molecule has 2 saturated heterocycles. The molecule has 7 heteroatoms. The number of benzene rings is 1. The number of ether oxygens (including phenoxy) is 5. The first-order valence-corrected chi connectivity index (χ1v) is 14.7. The summed E-state index contributed by atoms with van der Waals surface area (Å²) >= 11 is 0. The molecule has 3 aliphatic rings. The van der Waals surface area contributed by atoms with Gasteiger partial charge in [-0.3, -0.25) is 0 Å². The second-order valence-electron chi connectivity index (χ2n) is 10.6. The number of hydrogen-bond acceptors (Lipinski definition) is 6. The fourth-order valence-electron chi connectivity index (χ4n) is 5.49. The summed E-state index contributed by atoms with van der Waals surface area (Å²) in [5, 5.41) is 10.2. The number of allylic oxidation sites excluding steroid dienone is 1. The van der Waals surface area contributed by atoms with E-state index in [1.807, 2.05) is 36.4 Å². The van der Waals surface area contributed by atoms with Gasteiger partial charge in [0, 0.05) is 19.6 Å². The number of carboxylic acids is 1. The van der Waals surface area contributed by atoms with Crippen LogP contribution in [0.2, 0.25) is 0 Å². The number of rotatable bonds is 14. The number of para-hydroxylation sites is 1. The topological polar surface area (TPSA) is 83.5 Å². The Morgan fingerprint density at radius 2 is 1.67 bits per heavy atom. The second kappa shape index (κ2) is 16.0. The van der Waals surface area contributed by atoms with Crippen LogP contribution in [0.15, 0.2) is 60.4 Å². The molecule has 7 nitrogen and oxygen atoms in total. The molecule has 1 N–H and O–H groups in total. The van der Waals surface area contributed by atoms with Crippen molar-refractivity contribution in [2.45, 2.75) is 95.4 Å². The predicted octanol–water partition coefficient (Wildman–Crippen LogP) is 6.79. The van der Waals surface area contributed by atoms with E-state index in [1.54, 1.807) is 6.08 Å². The molecule has 2 aliphatic heterocycles. The fraction of sp³-hybridized carbons (Fsp3) is 0.625. The van der Waals surface area contributed by atoms with Gasteiger partial charge in [0.2, 0.25) is 0 Å². The quantitative estimate of drug-likeness (QED) is 0.120. The van der Waals surface area contributed by atoms with Gasteiger partial charge in [0.1, 0.15) is 5.75 Å². The minimum Gasteiger partial charge on any atom is -0.493 e. The highest BCUT2D eigenvalue weighted by Crippen LogP contribution is 2.35. The van der Waals surface area contributed by atoms with Gasteiger partial charge in [-0.1, -0.05) is 36.8 Å². The smallest absolute Gasteiger partial charge is 0.364 e. The molecule has 2 unspecified atom stereocenters. The number of carboxylic acid groups (broad SMARTS) is 1. The van der Waals surface area contributed by atoms with Crippen molar-refractivity contribution in [2.24, 2.45) is 11.8 Å². The Hall–Kier alpha value is -2.41. The fourth-order valence-corrected chi connectivity index (χ4v) is 5.49. The molecule has 4 atom stereocenters. The predicted molar refractivity (Wildman–Crippen MR) is 148 cm³/mol. The average Bonchev–Trinajstić information content (AvgIpc) is 3.41. The third kappa shape index (κ3) is 9.63. The van der Waals surface area contributed by atoms with E-state index in [1.165, 1.54) is 19.3 Å². The minimum absolute atomic E-state index is 0.0357. The molecule has 0 bridgehead atoms. The van der Waals surface area contributed by atoms with E-state index in [0.29, 0.717) is 44.5 Å². The Balaban J connectivity index is 1.29. The summed E-state index contributed by atoms with van der Waals surface area (Å²) in [7, 11) is 0. The summed E-state index contributed by atoms with van der Waals surface area (Å²) < 4.78 is 29.2. The summed E-state index contributed by atoms with van der Waals surface area (Å²) in [6, 6.07) is 9.90. The molecule has 0 aromatic heterocycles. The van der Waals surface area contributed by atoms with Gasteiger partial charge < -0.3 is 28.8 Å². The second-order valence-corrected chi connectivity index (χ2v) is 10.6. The van der Waals surface area contributed by atoms with E-state index in [2.05, 4.69) is 17.9 Å². The molecular weight excluding hydrogens is 496 g/mol. The van der Waals surface area contributed by atoms with E-state index in [-0.39, 0.29) is 6.42 Å². The molecule has 0 radical (unpaired) electrons. The van der Waals surface area contributed by atoms with Crippen molar-refractivity contribution in [3.63, 3.8) is 0 Å². The van der Waals surface area contributed by atoms with Gasteiger partial charge in [0.15, 0.2) is 12.6 Å². The van der Waals surface area contributed by atoms with Gasteiger partial charge >= 0.3 is 5.97 Å². The van der Waals surface area contributed by atoms with Crippen LogP contribution in [0, 0.1) is 11.8 Å². The summed E-state index contributed by atoms with van der Waals surface area (Å²) in [4.78, 5) is 12.5. The van der Waals surface area contributed by atoms with Crippen molar-refractivity contribution < 1.29 is 33.6 Å².